The van der Waals surface area contributed by atoms with Gasteiger partial charge in [0.2, 0.25) is 5.91 Å². The van der Waals surface area contributed by atoms with Crippen LogP contribution in [0.1, 0.15) is 28.7 Å². The lowest BCUT2D eigenvalue weighted by Crippen LogP contribution is -2.10. The first-order valence-electron chi connectivity index (χ1n) is 7.74. The van der Waals surface area contributed by atoms with Crippen molar-refractivity contribution in [2.75, 3.05) is 0 Å². The molecule has 5 nitrogen and oxygen atoms in total. The SMILES string of the molecule is CCc1nc(C)cn2cc(-c3nc4cc(C(N)=O)ccc4s3)cc12. The summed E-state index contributed by atoms with van der Waals surface area (Å²) in [6.45, 7) is 4.11. The molecule has 1 amide bonds. The highest BCUT2D eigenvalue weighted by atomic mass is 32.1. The molecule has 4 rings (SSSR count). The van der Waals surface area contributed by atoms with E-state index in [9.17, 15) is 4.79 Å². The molecular weight excluding hydrogens is 320 g/mol. The number of carbonyl (C=O) groups is 1. The van der Waals surface area contributed by atoms with Crippen molar-refractivity contribution < 1.29 is 4.79 Å². The van der Waals surface area contributed by atoms with Crippen LogP contribution in [0.2, 0.25) is 0 Å². The summed E-state index contributed by atoms with van der Waals surface area (Å²) in [5.74, 6) is -0.435. The van der Waals surface area contributed by atoms with Crippen molar-refractivity contribution in [3.8, 4) is 10.6 Å². The van der Waals surface area contributed by atoms with E-state index in [4.69, 9.17) is 5.73 Å². The highest BCUT2D eigenvalue weighted by molar-refractivity contribution is 7.21. The van der Waals surface area contributed by atoms with Crippen LogP contribution in [0.15, 0.2) is 36.7 Å². The molecule has 6 heteroatoms. The van der Waals surface area contributed by atoms with E-state index < -0.39 is 5.91 Å². The Morgan fingerprint density at radius 1 is 1.25 bits per heavy atom. The van der Waals surface area contributed by atoms with Gasteiger partial charge in [0.25, 0.3) is 0 Å². The zero-order valence-corrected chi connectivity index (χ0v) is 14.2. The van der Waals surface area contributed by atoms with Gasteiger partial charge in [0, 0.05) is 23.5 Å². The second-order valence-corrected chi connectivity index (χ2v) is 6.80. The number of aromatic nitrogens is 3. The largest absolute Gasteiger partial charge is 0.366 e. The Hall–Kier alpha value is -2.73. The summed E-state index contributed by atoms with van der Waals surface area (Å²) in [6.07, 6.45) is 4.99. The maximum atomic E-state index is 11.3. The molecule has 0 saturated carbocycles. The van der Waals surface area contributed by atoms with Gasteiger partial charge in [0.05, 0.1) is 27.1 Å². The van der Waals surface area contributed by atoms with Gasteiger partial charge in [0.1, 0.15) is 5.01 Å². The van der Waals surface area contributed by atoms with Gasteiger partial charge in [-0.05, 0) is 37.6 Å². The third-order valence-corrected chi connectivity index (χ3v) is 5.12. The van der Waals surface area contributed by atoms with E-state index in [1.54, 1.807) is 23.5 Å². The fraction of sp³-hybridized carbons (Fsp3) is 0.167. The summed E-state index contributed by atoms with van der Waals surface area (Å²) in [7, 11) is 0. The van der Waals surface area contributed by atoms with E-state index in [2.05, 4.69) is 33.6 Å². The van der Waals surface area contributed by atoms with Crippen molar-refractivity contribution in [1.82, 2.24) is 14.4 Å². The highest BCUT2D eigenvalue weighted by Crippen LogP contribution is 2.32. The number of hydrogen-bond donors (Lipinski definition) is 1. The minimum absolute atomic E-state index is 0.435. The Morgan fingerprint density at radius 2 is 2.08 bits per heavy atom. The number of primary amides is 1. The third-order valence-electron chi connectivity index (χ3n) is 4.04. The Kier molecular flexibility index (Phi) is 3.35. The number of nitrogens with zero attached hydrogens (tertiary/aromatic N) is 3. The standard InChI is InChI=1S/C18H16N4OS/c1-3-13-15-7-12(9-22(15)8-10(2)20-13)18-21-14-6-11(17(19)23)4-5-16(14)24-18/h4-9H,3H2,1-2H3,(H2,19,23). The van der Waals surface area contributed by atoms with Crippen LogP contribution in [-0.2, 0) is 6.42 Å². The average Bonchev–Trinajstić information content (AvgIpc) is 3.16. The predicted molar refractivity (Wildman–Crippen MR) is 96.4 cm³/mol. The zero-order valence-electron chi connectivity index (χ0n) is 13.4. The van der Waals surface area contributed by atoms with Crippen molar-refractivity contribution in [1.29, 1.82) is 0 Å². The van der Waals surface area contributed by atoms with Crippen LogP contribution in [0, 0.1) is 6.92 Å². The van der Waals surface area contributed by atoms with Crippen LogP contribution >= 0.6 is 11.3 Å². The average molecular weight is 336 g/mol. The van der Waals surface area contributed by atoms with Gasteiger partial charge in [-0.1, -0.05) is 6.92 Å². The van der Waals surface area contributed by atoms with Gasteiger partial charge in [-0.15, -0.1) is 11.3 Å². The Labute approximate surface area is 142 Å². The molecule has 0 bridgehead atoms. The predicted octanol–water partition coefficient (Wildman–Crippen LogP) is 3.58. The quantitative estimate of drug-likeness (QED) is 0.621. The number of amides is 1. The number of aryl methyl sites for hydroxylation is 2. The third kappa shape index (κ3) is 2.35. The van der Waals surface area contributed by atoms with Crippen LogP contribution in [-0.4, -0.2) is 20.3 Å². The molecule has 120 valence electrons. The molecule has 24 heavy (non-hydrogen) atoms. The van der Waals surface area contributed by atoms with E-state index in [0.717, 1.165) is 44.1 Å². The van der Waals surface area contributed by atoms with Gasteiger partial charge in [-0.25, -0.2) is 4.98 Å². The molecule has 0 aliphatic rings. The summed E-state index contributed by atoms with van der Waals surface area (Å²) in [4.78, 5) is 20.6. The summed E-state index contributed by atoms with van der Waals surface area (Å²) >= 11 is 1.61. The Morgan fingerprint density at radius 3 is 2.83 bits per heavy atom. The van der Waals surface area contributed by atoms with E-state index in [1.165, 1.54) is 0 Å². The van der Waals surface area contributed by atoms with Gasteiger partial charge >= 0.3 is 0 Å². The van der Waals surface area contributed by atoms with Gasteiger partial charge in [-0.2, -0.15) is 0 Å². The monoisotopic (exact) mass is 336 g/mol. The first kappa shape index (κ1) is 14.8. The molecule has 3 heterocycles. The zero-order chi connectivity index (χ0) is 16.8. The van der Waals surface area contributed by atoms with Crippen LogP contribution in [0.25, 0.3) is 26.3 Å². The van der Waals surface area contributed by atoms with E-state index in [1.807, 2.05) is 19.2 Å². The Bertz CT molecular complexity index is 1090. The minimum atomic E-state index is -0.435. The van der Waals surface area contributed by atoms with Crippen molar-refractivity contribution in [3.63, 3.8) is 0 Å². The lowest BCUT2D eigenvalue weighted by Gasteiger charge is -2.02. The molecule has 4 aromatic rings. The Balaban J connectivity index is 1.87. The molecule has 1 aromatic carbocycles. The van der Waals surface area contributed by atoms with Crippen molar-refractivity contribution in [2.45, 2.75) is 20.3 Å². The molecule has 0 spiro atoms. The second kappa shape index (κ2) is 5.42. The summed E-state index contributed by atoms with van der Waals surface area (Å²) in [5, 5.41) is 0.926. The van der Waals surface area contributed by atoms with Crippen molar-refractivity contribution in [2.24, 2.45) is 5.73 Å². The summed E-state index contributed by atoms with van der Waals surface area (Å²) in [6, 6.07) is 7.51. The molecule has 3 aromatic heterocycles. The molecule has 0 fully saturated rings. The minimum Gasteiger partial charge on any atom is -0.366 e. The fourth-order valence-corrected chi connectivity index (χ4v) is 3.83. The van der Waals surface area contributed by atoms with Gasteiger partial charge in [-0.3, -0.25) is 9.78 Å². The molecule has 0 unspecified atom stereocenters. The molecule has 0 saturated heterocycles. The normalized spacial score (nSPS) is 11.4. The molecule has 0 aliphatic carbocycles. The van der Waals surface area contributed by atoms with E-state index in [-0.39, 0.29) is 0 Å². The lowest BCUT2D eigenvalue weighted by molar-refractivity contribution is 0.100. The van der Waals surface area contributed by atoms with E-state index >= 15 is 0 Å². The number of nitrogens with two attached hydrogens (primary N) is 1. The first-order chi connectivity index (χ1) is 11.5. The van der Waals surface area contributed by atoms with E-state index in [0.29, 0.717) is 5.56 Å². The highest BCUT2D eigenvalue weighted by Gasteiger charge is 2.12. The number of rotatable bonds is 3. The summed E-state index contributed by atoms with van der Waals surface area (Å²) in [5.41, 5.74) is 10.9. The maximum Gasteiger partial charge on any atom is 0.248 e. The van der Waals surface area contributed by atoms with Crippen molar-refractivity contribution in [3.05, 3.63) is 53.6 Å². The first-order valence-corrected chi connectivity index (χ1v) is 8.56. The summed E-state index contributed by atoms with van der Waals surface area (Å²) < 4.78 is 3.15. The number of fused-ring (bicyclic) bond motifs is 2. The van der Waals surface area contributed by atoms with Crippen LogP contribution < -0.4 is 5.73 Å². The molecule has 2 N–H and O–H groups in total. The van der Waals surface area contributed by atoms with Crippen LogP contribution in [0.4, 0.5) is 0 Å². The maximum absolute atomic E-state index is 11.3. The molecule has 0 atom stereocenters. The smallest absolute Gasteiger partial charge is 0.248 e. The van der Waals surface area contributed by atoms with Gasteiger partial charge in [0.15, 0.2) is 0 Å². The molecule has 0 aliphatic heterocycles. The van der Waals surface area contributed by atoms with Crippen LogP contribution in [0.3, 0.4) is 0 Å². The van der Waals surface area contributed by atoms with Gasteiger partial charge < -0.3 is 10.1 Å². The number of hydrogen-bond acceptors (Lipinski definition) is 4. The fourth-order valence-electron chi connectivity index (χ4n) is 2.90. The number of benzene rings is 1. The second-order valence-electron chi connectivity index (χ2n) is 5.77. The number of carbonyl (C=O) groups excluding carboxylic acids is 1. The molecule has 0 radical (unpaired) electrons. The van der Waals surface area contributed by atoms with Crippen molar-refractivity contribution >= 4 is 33.0 Å². The number of thiazole rings is 1. The molecular formula is C18H16N4OS. The topological polar surface area (TPSA) is 73.3 Å². The van der Waals surface area contributed by atoms with Crippen LogP contribution in [0.5, 0.6) is 0 Å². The lowest BCUT2D eigenvalue weighted by atomic mass is 10.2.